The third-order valence-corrected chi connectivity index (χ3v) is 3.08. The van der Waals surface area contributed by atoms with Crippen LogP contribution in [0.1, 0.15) is 19.4 Å². The van der Waals surface area contributed by atoms with Gasteiger partial charge in [0.2, 0.25) is 0 Å². The summed E-state index contributed by atoms with van der Waals surface area (Å²) in [5.74, 6) is 0.367. The quantitative estimate of drug-likeness (QED) is 0.712. The molecule has 1 nitrogen and oxygen atoms in total. The molecule has 0 N–H and O–H groups in total. The van der Waals surface area contributed by atoms with Crippen molar-refractivity contribution in [3.05, 3.63) is 29.8 Å². The standard InChI is InChI=1S/C11H12FNS/c1-11(2,12)8-14-10-6-4-3-5-9(10)7-13/h3-6H,8H2,1-2H3. The van der Waals surface area contributed by atoms with Gasteiger partial charge in [0.05, 0.1) is 5.56 Å². The molecule has 14 heavy (non-hydrogen) atoms. The first-order chi connectivity index (χ1) is 6.53. The highest BCUT2D eigenvalue weighted by molar-refractivity contribution is 7.99. The number of hydrogen-bond acceptors (Lipinski definition) is 2. The lowest BCUT2D eigenvalue weighted by molar-refractivity contribution is 0.253. The Labute approximate surface area is 87.9 Å². The minimum absolute atomic E-state index is 0.367. The molecule has 0 radical (unpaired) electrons. The van der Waals surface area contributed by atoms with Crippen molar-refractivity contribution in [3.8, 4) is 6.07 Å². The second-order valence-electron chi connectivity index (χ2n) is 3.62. The van der Waals surface area contributed by atoms with Crippen molar-refractivity contribution in [3.63, 3.8) is 0 Å². The Kier molecular flexibility index (Phi) is 3.54. The van der Waals surface area contributed by atoms with Gasteiger partial charge in [-0.15, -0.1) is 11.8 Å². The molecule has 0 heterocycles. The molecule has 0 atom stereocenters. The summed E-state index contributed by atoms with van der Waals surface area (Å²) in [5, 5.41) is 8.79. The van der Waals surface area contributed by atoms with Crippen molar-refractivity contribution < 1.29 is 4.39 Å². The predicted octanol–water partition coefficient (Wildman–Crippen LogP) is 3.40. The summed E-state index contributed by atoms with van der Waals surface area (Å²) in [5.41, 5.74) is -0.588. The Balaban J connectivity index is 2.73. The van der Waals surface area contributed by atoms with Crippen LogP contribution in [0, 0.1) is 11.3 Å². The molecule has 1 aromatic carbocycles. The van der Waals surface area contributed by atoms with Gasteiger partial charge in [0.15, 0.2) is 0 Å². The number of nitrogens with zero attached hydrogens (tertiary/aromatic N) is 1. The monoisotopic (exact) mass is 209 g/mol. The number of nitriles is 1. The van der Waals surface area contributed by atoms with E-state index in [1.807, 2.05) is 18.2 Å². The molecule has 0 fully saturated rings. The number of benzene rings is 1. The van der Waals surface area contributed by atoms with Crippen LogP contribution < -0.4 is 0 Å². The minimum atomic E-state index is -1.20. The van der Waals surface area contributed by atoms with Gasteiger partial charge in [0.25, 0.3) is 0 Å². The fourth-order valence-corrected chi connectivity index (χ4v) is 1.88. The fraction of sp³-hybridized carbons (Fsp3) is 0.364. The smallest absolute Gasteiger partial charge is 0.114 e. The summed E-state index contributed by atoms with van der Waals surface area (Å²) in [7, 11) is 0. The Morgan fingerprint density at radius 1 is 1.43 bits per heavy atom. The Hall–Kier alpha value is -1.01. The van der Waals surface area contributed by atoms with Crippen LogP contribution in [0.2, 0.25) is 0 Å². The predicted molar refractivity (Wildman–Crippen MR) is 57.1 cm³/mol. The maximum Gasteiger partial charge on any atom is 0.114 e. The third-order valence-electron chi connectivity index (χ3n) is 1.58. The molecular formula is C11H12FNS. The van der Waals surface area contributed by atoms with Crippen LogP contribution in [-0.2, 0) is 0 Å². The van der Waals surface area contributed by atoms with E-state index < -0.39 is 5.67 Å². The number of rotatable bonds is 3. The lowest BCUT2D eigenvalue weighted by Crippen LogP contribution is -2.14. The van der Waals surface area contributed by atoms with E-state index in [0.717, 1.165) is 4.90 Å². The Morgan fingerprint density at radius 2 is 2.07 bits per heavy atom. The van der Waals surface area contributed by atoms with Crippen LogP contribution in [-0.4, -0.2) is 11.4 Å². The normalized spacial score (nSPS) is 11.0. The van der Waals surface area contributed by atoms with Crippen molar-refractivity contribution in [2.75, 3.05) is 5.75 Å². The van der Waals surface area contributed by atoms with Gasteiger partial charge >= 0.3 is 0 Å². The summed E-state index contributed by atoms with van der Waals surface area (Å²) >= 11 is 1.38. The summed E-state index contributed by atoms with van der Waals surface area (Å²) in [6, 6.07) is 9.34. The number of hydrogen-bond donors (Lipinski definition) is 0. The maximum absolute atomic E-state index is 13.2. The topological polar surface area (TPSA) is 23.8 Å². The summed E-state index contributed by atoms with van der Waals surface area (Å²) in [4.78, 5) is 0.848. The summed E-state index contributed by atoms with van der Waals surface area (Å²) in [6.07, 6.45) is 0. The molecule has 0 amide bonds. The van der Waals surface area contributed by atoms with E-state index in [0.29, 0.717) is 11.3 Å². The van der Waals surface area contributed by atoms with E-state index in [2.05, 4.69) is 6.07 Å². The van der Waals surface area contributed by atoms with Crippen LogP contribution in [0.5, 0.6) is 0 Å². The molecule has 0 spiro atoms. The first kappa shape index (κ1) is 11.1. The van der Waals surface area contributed by atoms with Crippen LogP contribution in [0.4, 0.5) is 4.39 Å². The molecule has 0 saturated heterocycles. The molecule has 0 saturated carbocycles. The fourth-order valence-electron chi connectivity index (χ4n) is 0.934. The molecule has 1 rings (SSSR count). The molecule has 1 aromatic rings. The summed E-state index contributed by atoms with van der Waals surface area (Å²) < 4.78 is 13.2. The lowest BCUT2D eigenvalue weighted by atomic mass is 10.2. The average molecular weight is 209 g/mol. The van der Waals surface area contributed by atoms with E-state index >= 15 is 0 Å². The number of alkyl halides is 1. The van der Waals surface area contributed by atoms with Gasteiger partial charge in [-0.1, -0.05) is 12.1 Å². The third kappa shape index (κ3) is 3.39. The SMILES string of the molecule is CC(C)(F)CSc1ccccc1C#N. The van der Waals surface area contributed by atoms with Gasteiger partial charge < -0.3 is 0 Å². The van der Waals surface area contributed by atoms with Gasteiger partial charge in [-0.2, -0.15) is 5.26 Å². The van der Waals surface area contributed by atoms with Crippen molar-refractivity contribution in [1.29, 1.82) is 5.26 Å². The van der Waals surface area contributed by atoms with E-state index in [-0.39, 0.29) is 0 Å². The van der Waals surface area contributed by atoms with E-state index in [4.69, 9.17) is 5.26 Å². The molecule has 0 bridgehead atoms. The molecular weight excluding hydrogens is 197 g/mol. The van der Waals surface area contributed by atoms with Gasteiger partial charge in [-0.05, 0) is 26.0 Å². The van der Waals surface area contributed by atoms with Crippen LogP contribution in [0.3, 0.4) is 0 Å². The summed E-state index contributed by atoms with van der Waals surface area (Å²) in [6.45, 7) is 3.07. The molecule has 0 unspecified atom stereocenters. The van der Waals surface area contributed by atoms with Crippen molar-refractivity contribution in [2.24, 2.45) is 0 Å². The van der Waals surface area contributed by atoms with E-state index in [1.54, 1.807) is 6.07 Å². The number of thioether (sulfide) groups is 1. The van der Waals surface area contributed by atoms with Crippen LogP contribution in [0.15, 0.2) is 29.2 Å². The van der Waals surface area contributed by atoms with Gasteiger partial charge in [-0.3, -0.25) is 0 Å². The first-order valence-electron chi connectivity index (χ1n) is 4.34. The minimum Gasteiger partial charge on any atom is -0.244 e. The molecule has 3 heteroatoms. The zero-order valence-electron chi connectivity index (χ0n) is 8.25. The Morgan fingerprint density at radius 3 is 2.64 bits per heavy atom. The average Bonchev–Trinajstić information content (AvgIpc) is 2.14. The lowest BCUT2D eigenvalue weighted by Gasteiger charge is -2.13. The zero-order chi connectivity index (χ0) is 10.6. The highest BCUT2D eigenvalue weighted by Crippen LogP contribution is 2.26. The Bertz CT molecular complexity index is 349. The highest BCUT2D eigenvalue weighted by atomic mass is 32.2. The molecule has 0 aliphatic heterocycles. The van der Waals surface area contributed by atoms with Gasteiger partial charge in [0.1, 0.15) is 11.7 Å². The zero-order valence-corrected chi connectivity index (χ0v) is 9.07. The van der Waals surface area contributed by atoms with Gasteiger partial charge in [0, 0.05) is 10.6 Å². The highest BCUT2D eigenvalue weighted by Gasteiger charge is 2.16. The second-order valence-corrected chi connectivity index (χ2v) is 4.63. The molecule has 0 aliphatic rings. The molecule has 0 aromatic heterocycles. The van der Waals surface area contributed by atoms with E-state index in [1.165, 1.54) is 25.6 Å². The van der Waals surface area contributed by atoms with Crippen molar-refractivity contribution >= 4 is 11.8 Å². The largest absolute Gasteiger partial charge is 0.244 e. The number of halogens is 1. The second kappa shape index (κ2) is 4.47. The first-order valence-corrected chi connectivity index (χ1v) is 5.32. The van der Waals surface area contributed by atoms with Crippen LogP contribution in [0.25, 0.3) is 0 Å². The molecule has 74 valence electrons. The van der Waals surface area contributed by atoms with Gasteiger partial charge in [-0.25, -0.2) is 4.39 Å². The van der Waals surface area contributed by atoms with Crippen LogP contribution >= 0.6 is 11.8 Å². The van der Waals surface area contributed by atoms with Crippen molar-refractivity contribution in [2.45, 2.75) is 24.4 Å². The van der Waals surface area contributed by atoms with E-state index in [9.17, 15) is 4.39 Å². The molecule has 0 aliphatic carbocycles. The van der Waals surface area contributed by atoms with Crippen molar-refractivity contribution in [1.82, 2.24) is 0 Å². The maximum atomic E-state index is 13.2.